The van der Waals surface area contributed by atoms with Gasteiger partial charge in [-0.1, -0.05) is 0 Å². The molecule has 1 N–H and O–H groups in total. The summed E-state index contributed by atoms with van der Waals surface area (Å²) >= 11 is 1.51. The lowest BCUT2D eigenvalue weighted by Gasteiger charge is -2.01. The van der Waals surface area contributed by atoms with Crippen molar-refractivity contribution in [3.8, 4) is 0 Å². The summed E-state index contributed by atoms with van der Waals surface area (Å²) < 4.78 is 0. The predicted octanol–water partition coefficient (Wildman–Crippen LogP) is 3.53. The molecule has 0 saturated heterocycles. The molecule has 0 unspecified atom stereocenters. The lowest BCUT2D eigenvalue weighted by molar-refractivity contribution is -0.384. The van der Waals surface area contributed by atoms with Crippen molar-refractivity contribution >= 4 is 27.9 Å². The number of benzene rings is 1. The third-order valence-electron chi connectivity index (χ3n) is 2.74. The monoisotopic (exact) mass is 276 g/mol. The topological polar surface area (TPSA) is 72.2 Å². The Bertz CT molecular complexity index is 612. The minimum atomic E-state index is -0.492. The SMILES string of the molecule is Cc1cc(NC(=O)c2ccc([N+](=O)[O-])cc2)sc1C. The van der Waals surface area contributed by atoms with E-state index in [-0.39, 0.29) is 11.6 Å². The van der Waals surface area contributed by atoms with Crippen LogP contribution in [0.25, 0.3) is 0 Å². The highest BCUT2D eigenvalue weighted by atomic mass is 32.1. The molecule has 0 atom stereocenters. The molecular formula is C13H12N2O3S. The van der Waals surface area contributed by atoms with Crippen molar-refractivity contribution in [1.29, 1.82) is 0 Å². The summed E-state index contributed by atoms with van der Waals surface area (Å²) in [6.45, 7) is 3.97. The van der Waals surface area contributed by atoms with Crippen molar-refractivity contribution < 1.29 is 9.72 Å². The van der Waals surface area contributed by atoms with Crippen LogP contribution in [0.2, 0.25) is 0 Å². The van der Waals surface area contributed by atoms with Crippen LogP contribution in [0.4, 0.5) is 10.7 Å². The molecule has 0 aliphatic carbocycles. The fraction of sp³-hybridized carbons (Fsp3) is 0.154. The van der Waals surface area contributed by atoms with Crippen LogP contribution >= 0.6 is 11.3 Å². The summed E-state index contributed by atoms with van der Waals surface area (Å²) in [6, 6.07) is 7.44. The summed E-state index contributed by atoms with van der Waals surface area (Å²) in [5, 5.41) is 14.1. The number of nitrogens with zero attached hydrogens (tertiary/aromatic N) is 1. The highest BCUT2D eigenvalue weighted by molar-refractivity contribution is 7.16. The fourth-order valence-electron chi connectivity index (χ4n) is 1.55. The van der Waals surface area contributed by atoms with E-state index in [0.717, 1.165) is 15.4 Å². The van der Waals surface area contributed by atoms with E-state index in [1.807, 2.05) is 19.9 Å². The van der Waals surface area contributed by atoms with Gasteiger partial charge in [-0.25, -0.2) is 0 Å². The Morgan fingerprint density at radius 2 is 1.89 bits per heavy atom. The van der Waals surface area contributed by atoms with Crippen molar-refractivity contribution in [3.05, 3.63) is 56.5 Å². The number of nitro groups is 1. The van der Waals surface area contributed by atoms with Gasteiger partial charge in [0.15, 0.2) is 0 Å². The number of hydrogen-bond acceptors (Lipinski definition) is 4. The zero-order valence-corrected chi connectivity index (χ0v) is 11.3. The molecular weight excluding hydrogens is 264 g/mol. The van der Waals surface area contributed by atoms with Crippen LogP contribution in [-0.2, 0) is 0 Å². The molecule has 1 aromatic carbocycles. The second-order valence-electron chi connectivity index (χ2n) is 4.11. The molecule has 98 valence electrons. The molecule has 1 aromatic heterocycles. The van der Waals surface area contributed by atoms with E-state index < -0.39 is 4.92 Å². The fourth-order valence-corrected chi connectivity index (χ4v) is 2.48. The van der Waals surface area contributed by atoms with E-state index in [1.54, 1.807) is 0 Å². The average molecular weight is 276 g/mol. The summed E-state index contributed by atoms with van der Waals surface area (Å²) in [4.78, 5) is 23.1. The van der Waals surface area contributed by atoms with Crippen molar-refractivity contribution in [3.63, 3.8) is 0 Å². The Morgan fingerprint density at radius 3 is 2.37 bits per heavy atom. The zero-order chi connectivity index (χ0) is 14.0. The number of nitro benzene ring substituents is 1. The van der Waals surface area contributed by atoms with Crippen molar-refractivity contribution in [1.82, 2.24) is 0 Å². The van der Waals surface area contributed by atoms with Gasteiger partial charge in [0, 0.05) is 22.6 Å². The lowest BCUT2D eigenvalue weighted by Crippen LogP contribution is -2.10. The van der Waals surface area contributed by atoms with Gasteiger partial charge >= 0.3 is 0 Å². The van der Waals surface area contributed by atoms with E-state index in [9.17, 15) is 14.9 Å². The first-order valence-corrected chi connectivity index (χ1v) is 6.42. The third-order valence-corrected chi connectivity index (χ3v) is 3.81. The highest BCUT2D eigenvalue weighted by Crippen LogP contribution is 2.26. The van der Waals surface area contributed by atoms with E-state index in [0.29, 0.717) is 5.56 Å². The normalized spacial score (nSPS) is 10.2. The maximum Gasteiger partial charge on any atom is 0.269 e. The molecule has 5 nitrogen and oxygen atoms in total. The van der Waals surface area contributed by atoms with E-state index >= 15 is 0 Å². The number of rotatable bonds is 3. The number of amides is 1. The molecule has 2 rings (SSSR count). The van der Waals surface area contributed by atoms with Crippen LogP contribution in [0.5, 0.6) is 0 Å². The molecule has 6 heteroatoms. The van der Waals surface area contributed by atoms with E-state index in [2.05, 4.69) is 5.32 Å². The minimum Gasteiger partial charge on any atom is -0.314 e. The highest BCUT2D eigenvalue weighted by Gasteiger charge is 2.11. The molecule has 0 aliphatic heterocycles. The molecule has 2 aromatic rings. The van der Waals surface area contributed by atoms with Crippen LogP contribution in [-0.4, -0.2) is 10.8 Å². The zero-order valence-electron chi connectivity index (χ0n) is 10.5. The summed E-state index contributed by atoms with van der Waals surface area (Å²) in [5.41, 5.74) is 1.50. The van der Waals surface area contributed by atoms with Gasteiger partial charge in [0.05, 0.1) is 9.92 Å². The van der Waals surface area contributed by atoms with Crippen molar-refractivity contribution in [2.45, 2.75) is 13.8 Å². The van der Waals surface area contributed by atoms with Gasteiger partial charge in [0.1, 0.15) is 0 Å². The van der Waals surface area contributed by atoms with Gasteiger partial charge in [-0.15, -0.1) is 11.3 Å². The number of hydrogen-bond donors (Lipinski definition) is 1. The number of anilines is 1. The van der Waals surface area contributed by atoms with Gasteiger partial charge in [-0.3, -0.25) is 14.9 Å². The summed E-state index contributed by atoms with van der Waals surface area (Å²) in [6.07, 6.45) is 0. The second kappa shape index (κ2) is 5.19. The maximum atomic E-state index is 11.9. The molecule has 1 heterocycles. The molecule has 0 saturated carbocycles. The summed E-state index contributed by atoms with van der Waals surface area (Å²) in [7, 11) is 0. The molecule has 0 radical (unpaired) electrons. The van der Waals surface area contributed by atoms with Gasteiger partial charge in [-0.2, -0.15) is 0 Å². The first-order chi connectivity index (χ1) is 8.97. The van der Waals surface area contributed by atoms with Crippen LogP contribution in [0.3, 0.4) is 0 Å². The largest absolute Gasteiger partial charge is 0.314 e. The Balaban J connectivity index is 2.13. The van der Waals surface area contributed by atoms with Crippen LogP contribution in [0.15, 0.2) is 30.3 Å². The number of carbonyl (C=O) groups is 1. The molecule has 0 fully saturated rings. The molecule has 0 aliphatic rings. The number of non-ortho nitro benzene ring substituents is 1. The van der Waals surface area contributed by atoms with E-state index in [1.165, 1.54) is 35.6 Å². The third kappa shape index (κ3) is 2.97. The maximum absolute atomic E-state index is 11.9. The minimum absolute atomic E-state index is 0.0284. The van der Waals surface area contributed by atoms with E-state index in [4.69, 9.17) is 0 Å². The Hall–Kier alpha value is -2.21. The first kappa shape index (κ1) is 13.2. The number of thiophene rings is 1. The van der Waals surface area contributed by atoms with Crippen molar-refractivity contribution in [2.75, 3.05) is 5.32 Å². The van der Waals surface area contributed by atoms with Gasteiger partial charge < -0.3 is 5.32 Å². The smallest absolute Gasteiger partial charge is 0.269 e. The number of nitrogens with one attached hydrogen (secondary N) is 1. The number of aryl methyl sites for hydroxylation is 2. The molecule has 0 spiro atoms. The van der Waals surface area contributed by atoms with Crippen LogP contribution in [0.1, 0.15) is 20.8 Å². The standard InChI is InChI=1S/C13H12N2O3S/c1-8-7-12(19-9(8)2)14-13(16)10-3-5-11(6-4-10)15(17)18/h3-7H,1-2H3,(H,14,16). The molecule has 19 heavy (non-hydrogen) atoms. The van der Waals surface area contributed by atoms with Crippen molar-refractivity contribution in [2.24, 2.45) is 0 Å². The summed E-state index contributed by atoms with van der Waals surface area (Å²) in [5.74, 6) is -0.267. The number of carbonyl (C=O) groups excluding carboxylic acids is 1. The quantitative estimate of drug-likeness (QED) is 0.688. The lowest BCUT2D eigenvalue weighted by atomic mass is 10.2. The van der Waals surface area contributed by atoms with Crippen LogP contribution < -0.4 is 5.32 Å². The first-order valence-electron chi connectivity index (χ1n) is 5.60. The van der Waals surface area contributed by atoms with Gasteiger partial charge in [-0.05, 0) is 37.6 Å². The van der Waals surface area contributed by atoms with Gasteiger partial charge in [0.2, 0.25) is 0 Å². The predicted molar refractivity (Wildman–Crippen MR) is 74.8 cm³/mol. The molecule has 0 bridgehead atoms. The molecule has 1 amide bonds. The Morgan fingerprint density at radius 1 is 1.26 bits per heavy atom. The van der Waals surface area contributed by atoms with Crippen LogP contribution in [0, 0.1) is 24.0 Å². The Kier molecular flexibility index (Phi) is 3.62. The average Bonchev–Trinajstić information content (AvgIpc) is 2.68. The second-order valence-corrected chi connectivity index (χ2v) is 5.36. The van der Waals surface area contributed by atoms with Gasteiger partial charge in [0.25, 0.3) is 11.6 Å². The Labute approximate surface area is 114 Å².